The van der Waals surface area contributed by atoms with Crippen LogP contribution in [-0.2, 0) is 4.79 Å². The topological polar surface area (TPSA) is 29.1 Å². The van der Waals surface area contributed by atoms with E-state index in [9.17, 15) is 4.79 Å². The molecule has 0 aromatic heterocycles. The highest BCUT2D eigenvalue weighted by Crippen LogP contribution is 2.18. The number of rotatable bonds is 5. The minimum atomic E-state index is 0.320. The number of hydrogen-bond donors (Lipinski definition) is 1. The molecule has 2 heteroatoms. The van der Waals surface area contributed by atoms with Crippen molar-refractivity contribution < 1.29 is 4.79 Å². The van der Waals surface area contributed by atoms with Gasteiger partial charge in [0.1, 0.15) is 5.78 Å². The van der Waals surface area contributed by atoms with E-state index in [4.69, 9.17) is 0 Å². The number of hydrogen-bond acceptors (Lipinski definition) is 2. The molecule has 0 aromatic rings. The van der Waals surface area contributed by atoms with E-state index in [0.29, 0.717) is 17.6 Å². The third-order valence-electron chi connectivity index (χ3n) is 3.09. The minimum Gasteiger partial charge on any atom is -0.316 e. The molecule has 76 valence electrons. The standard InChI is InChI=1S/C11H21NO/c1-3-10(4-2)11(13)7-9-5-6-12-8-9/h9-10,12H,3-8H2,1-2H3. The van der Waals surface area contributed by atoms with Gasteiger partial charge in [-0.3, -0.25) is 4.79 Å². The number of nitrogens with one attached hydrogen (secondary N) is 1. The van der Waals surface area contributed by atoms with Gasteiger partial charge in [0.25, 0.3) is 0 Å². The summed E-state index contributed by atoms with van der Waals surface area (Å²) < 4.78 is 0. The van der Waals surface area contributed by atoms with Gasteiger partial charge in [-0.25, -0.2) is 0 Å². The molecular weight excluding hydrogens is 162 g/mol. The van der Waals surface area contributed by atoms with Crippen LogP contribution >= 0.6 is 0 Å². The van der Waals surface area contributed by atoms with Crippen molar-refractivity contribution in [3.63, 3.8) is 0 Å². The van der Waals surface area contributed by atoms with Gasteiger partial charge in [0.2, 0.25) is 0 Å². The summed E-state index contributed by atoms with van der Waals surface area (Å²) in [7, 11) is 0. The second kappa shape index (κ2) is 5.38. The lowest BCUT2D eigenvalue weighted by Gasteiger charge is -2.13. The lowest BCUT2D eigenvalue weighted by Crippen LogP contribution is -2.18. The minimum absolute atomic E-state index is 0.320. The maximum absolute atomic E-state index is 11.7. The molecule has 1 heterocycles. The van der Waals surface area contributed by atoms with E-state index < -0.39 is 0 Å². The zero-order chi connectivity index (χ0) is 9.68. The zero-order valence-electron chi connectivity index (χ0n) is 8.81. The Morgan fingerprint density at radius 3 is 2.62 bits per heavy atom. The Hall–Kier alpha value is -0.370. The summed E-state index contributed by atoms with van der Waals surface area (Å²) in [5.41, 5.74) is 0. The van der Waals surface area contributed by atoms with Gasteiger partial charge < -0.3 is 5.32 Å². The first-order chi connectivity index (χ1) is 6.27. The quantitative estimate of drug-likeness (QED) is 0.706. The lowest BCUT2D eigenvalue weighted by molar-refractivity contribution is -0.123. The summed E-state index contributed by atoms with van der Waals surface area (Å²) in [5, 5.41) is 3.30. The van der Waals surface area contributed by atoms with Crippen LogP contribution in [0.3, 0.4) is 0 Å². The average molecular weight is 183 g/mol. The fourth-order valence-electron chi connectivity index (χ4n) is 2.08. The van der Waals surface area contributed by atoms with Crippen molar-refractivity contribution in [3.05, 3.63) is 0 Å². The van der Waals surface area contributed by atoms with Crippen molar-refractivity contribution in [1.29, 1.82) is 0 Å². The van der Waals surface area contributed by atoms with Gasteiger partial charge in [-0.15, -0.1) is 0 Å². The van der Waals surface area contributed by atoms with Crippen LogP contribution in [-0.4, -0.2) is 18.9 Å². The molecule has 0 aliphatic carbocycles. The summed E-state index contributed by atoms with van der Waals surface area (Å²) in [5.74, 6) is 1.42. The Balaban J connectivity index is 2.29. The van der Waals surface area contributed by atoms with Gasteiger partial charge in [0.05, 0.1) is 0 Å². The highest BCUT2D eigenvalue weighted by Gasteiger charge is 2.21. The predicted molar refractivity (Wildman–Crippen MR) is 54.7 cm³/mol. The first-order valence-corrected chi connectivity index (χ1v) is 5.51. The third-order valence-corrected chi connectivity index (χ3v) is 3.09. The van der Waals surface area contributed by atoms with Gasteiger partial charge >= 0.3 is 0 Å². The summed E-state index contributed by atoms with van der Waals surface area (Å²) in [6.45, 7) is 6.37. The maximum Gasteiger partial charge on any atom is 0.136 e. The molecule has 2 nitrogen and oxygen atoms in total. The Bertz CT molecular complexity index is 157. The molecule has 13 heavy (non-hydrogen) atoms. The van der Waals surface area contributed by atoms with Crippen molar-refractivity contribution in [2.75, 3.05) is 13.1 Å². The fourth-order valence-corrected chi connectivity index (χ4v) is 2.08. The van der Waals surface area contributed by atoms with Crippen LogP contribution in [0.1, 0.15) is 39.5 Å². The van der Waals surface area contributed by atoms with Crippen LogP contribution < -0.4 is 5.32 Å². The molecule has 1 atom stereocenters. The van der Waals surface area contributed by atoms with E-state index in [-0.39, 0.29) is 0 Å². The van der Waals surface area contributed by atoms with Crippen LogP contribution in [0, 0.1) is 11.8 Å². The number of carbonyl (C=O) groups excluding carboxylic acids is 1. The van der Waals surface area contributed by atoms with Gasteiger partial charge in [-0.05, 0) is 38.3 Å². The average Bonchev–Trinajstić information content (AvgIpc) is 2.59. The van der Waals surface area contributed by atoms with Crippen molar-refractivity contribution in [1.82, 2.24) is 5.32 Å². The Labute approximate surface area is 81.1 Å². The molecular formula is C11H21NO. The molecule has 0 saturated carbocycles. The van der Waals surface area contributed by atoms with Crippen LogP contribution in [0.5, 0.6) is 0 Å². The van der Waals surface area contributed by atoms with E-state index in [1.165, 1.54) is 6.42 Å². The second-order valence-corrected chi connectivity index (χ2v) is 4.04. The summed E-state index contributed by atoms with van der Waals surface area (Å²) in [4.78, 5) is 11.7. The van der Waals surface area contributed by atoms with Gasteiger partial charge in [-0.2, -0.15) is 0 Å². The van der Waals surface area contributed by atoms with Crippen LogP contribution in [0.2, 0.25) is 0 Å². The molecule has 1 unspecified atom stereocenters. The van der Waals surface area contributed by atoms with E-state index >= 15 is 0 Å². The third kappa shape index (κ3) is 3.11. The fraction of sp³-hybridized carbons (Fsp3) is 0.909. The summed E-state index contributed by atoms with van der Waals surface area (Å²) in [6, 6.07) is 0. The molecule has 0 radical (unpaired) electrons. The van der Waals surface area contributed by atoms with E-state index in [2.05, 4.69) is 19.2 Å². The Morgan fingerprint density at radius 2 is 2.15 bits per heavy atom. The van der Waals surface area contributed by atoms with E-state index in [1.807, 2.05) is 0 Å². The molecule has 1 aliphatic rings. The van der Waals surface area contributed by atoms with Crippen molar-refractivity contribution >= 4 is 5.78 Å². The molecule has 1 saturated heterocycles. The van der Waals surface area contributed by atoms with Gasteiger partial charge in [0, 0.05) is 12.3 Å². The molecule has 1 rings (SSSR count). The van der Waals surface area contributed by atoms with Crippen molar-refractivity contribution in [2.24, 2.45) is 11.8 Å². The molecule has 0 bridgehead atoms. The monoisotopic (exact) mass is 183 g/mol. The largest absolute Gasteiger partial charge is 0.316 e. The number of Topliss-reactive ketones (excluding diaryl/α,β-unsaturated/α-hetero) is 1. The lowest BCUT2D eigenvalue weighted by atomic mass is 9.90. The normalized spacial score (nSPS) is 22.5. The molecule has 1 aliphatic heterocycles. The predicted octanol–water partition coefficient (Wildman–Crippen LogP) is 1.99. The molecule has 1 fully saturated rings. The number of carbonyl (C=O) groups is 1. The first kappa shape index (κ1) is 10.7. The van der Waals surface area contributed by atoms with Crippen LogP contribution in [0.4, 0.5) is 0 Å². The number of ketones is 1. The maximum atomic E-state index is 11.7. The van der Waals surface area contributed by atoms with E-state index in [1.54, 1.807) is 0 Å². The van der Waals surface area contributed by atoms with Crippen LogP contribution in [0.15, 0.2) is 0 Å². The smallest absolute Gasteiger partial charge is 0.136 e. The molecule has 0 aromatic carbocycles. The van der Waals surface area contributed by atoms with E-state index in [0.717, 1.165) is 32.4 Å². The zero-order valence-corrected chi connectivity index (χ0v) is 8.81. The summed E-state index contributed by atoms with van der Waals surface area (Å²) in [6.07, 6.45) is 4.01. The van der Waals surface area contributed by atoms with Gasteiger partial charge in [0.15, 0.2) is 0 Å². The summed E-state index contributed by atoms with van der Waals surface area (Å²) >= 11 is 0. The van der Waals surface area contributed by atoms with Crippen LogP contribution in [0.25, 0.3) is 0 Å². The molecule has 1 N–H and O–H groups in total. The van der Waals surface area contributed by atoms with Gasteiger partial charge in [-0.1, -0.05) is 13.8 Å². The Kier molecular flexibility index (Phi) is 4.43. The first-order valence-electron chi connectivity index (χ1n) is 5.51. The highest BCUT2D eigenvalue weighted by molar-refractivity contribution is 5.81. The second-order valence-electron chi connectivity index (χ2n) is 4.04. The Morgan fingerprint density at radius 1 is 1.46 bits per heavy atom. The SMILES string of the molecule is CCC(CC)C(=O)CC1CCNC1. The highest BCUT2D eigenvalue weighted by atomic mass is 16.1. The van der Waals surface area contributed by atoms with Crippen molar-refractivity contribution in [2.45, 2.75) is 39.5 Å². The van der Waals surface area contributed by atoms with Crippen molar-refractivity contribution in [3.8, 4) is 0 Å². The molecule has 0 amide bonds. The molecule has 0 spiro atoms.